The number of amides is 2. The predicted molar refractivity (Wildman–Crippen MR) is 78.4 cm³/mol. The predicted octanol–water partition coefficient (Wildman–Crippen LogP) is 2.53. The number of hydrogen-bond acceptors (Lipinski definition) is 2. The van der Waals surface area contributed by atoms with Crippen LogP contribution in [0.1, 0.15) is 38.8 Å². The molecule has 1 fully saturated rings. The third-order valence-corrected chi connectivity index (χ3v) is 3.90. The van der Waals surface area contributed by atoms with E-state index >= 15 is 0 Å². The zero-order chi connectivity index (χ0) is 14.9. The fraction of sp³-hybridized carbons (Fsp3) is 0.467. The fourth-order valence-electron chi connectivity index (χ4n) is 2.44. The second kappa shape index (κ2) is 5.44. The normalized spacial score (nSPS) is 20.3. The summed E-state index contributed by atoms with van der Waals surface area (Å²) in [5, 5.41) is 3.43. The Balaban J connectivity index is 2.27. The summed E-state index contributed by atoms with van der Waals surface area (Å²) in [5.74, 6) is -0.153. The van der Waals surface area contributed by atoms with Crippen LogP contribution in [0.4, 0.5) is 0 Å². The number of rotatable bonds is 2. The summed E-state index contributed by atoms with van der Waals surface area (Å²) in [7, 11) is 0. The van der Waals surface area contributed by atoms with E-state index in [9.17, 15) is 9.59 Å². The van der Waals surface area contributed by atoms with Crippen molar-refractivity contribution >= 4 is 23.4 Å². The lowest BCUT2D eigenvalue weighted by molar-refractivity contribution is -0.139. The molecule has 1 saturated heterocycles. The quantitative estimate of drug-likeness (QED) is 0.911. The average Bonchev–Trinajstić information content (AvgIpc) is 2.47. The number of carbonyl (C=O) groups excluding carboxylic acids is 2. The molecule has 0 spiro atoms. The Morgan fingerprint density at radius 2 is 1.85 bits per heavy atom. The first kappa shape index (κ1) is 14.9. The number of hydrogen-bond donors (Lipinski definition) is 1. The molecule has 0 radical (unpaired) electrons. The van der Waals surface area contributed by atoms with Crippen molar-refractivity contribution in [3.05, 3.63) is 34.9 Å². The maximum absolute atomic E-state index is 12.6. The maximum Gasteiger partial charge on any atom is 0.248 e. The minimum atomic E-state index is -0.867. The Hall–Kier alpha value is -1.55. The molecular weight excluding hydrogens is 276 g/mol. The Kier molecular flexibility index (Phi) is 4.04. The van der Waals surface area contributed by atoms with Crippen LogP contribution in [0, 0.1) is 0 Å². The van der Waals surface area contributed by atoms with Crippen LogP contribution >= 0.6 is 11.6 Å². The standard InChI is InChI=1S/C15H19ClN2O2/c1-10(11-4-6-12(16)7-5-11)18-9-8-13(19)17-15(2,3)14(18)20/h4-7,10H,8-9H2,1-3H3,(H,17,19). The summed E-state index contributed by atoms with van der Waals surface area (Å²) in [6, 6.07) is 7.35. The molecule has 1 aromatic rings. The van der Waals surface area contributed by atoms with Gasteiger partial charge in [-0.05, 0) is 38.5 Å². The number of halogens is 1. The molecule has 2 amide bonds. The van der Waals surface area contributed by atoms with Gasteiger partial charge in [-0.2, -0.15) is 0 Å². The Morgan fingerprint density at radius 1 is 1.25 bits per heavy atom. The molecule has 1 atom stereocenters. The summed E-state index contributed by atoms with van der Waals surface area (Å²) in [5.41, 5.74) is 0.141. The Morgan fingerprint density at radius 3 is 2.45 bits per heavy atom. The highest BCUT2D eigenvalue weighted by Gasteiger charge is 2.38. The maximum atomic E-state index is 12.6. The van der Waals surface area contributed by atoms with Gasteiger partial charge in [-0.25, -0.2) is 0 Å². The van der Waals surface area contributed by atoms with Crippen molar-refractivity contribution in [3.8, 4) is 0 Å². The molecule has 108 valence electrons. The number of nitrogens with one attached hydrogen (secondary N) is 1. The highest BCUT2D eigenvalue weighted by molar-refractivity contribution is 6.30. The van der Waals surface area contributed by atoms with E-state index in [1.807, 2.05) is 31.2 Å². The van der Waals surface area contributed by atoms with Gasteiger partial charge in [0.15, 0.2) is 0 Å². The molecule has 20 heavy (non-hydrogen) atoms. The lowest BCUT2D eigenvalue weighted by Crippen LogP contribution is -2.53. The van der Waals surface area contributed by atoms with E-state index in [4.69, 9.17) is 11.6 Å². The number of nitrogens with zero attached hydrogens (tertiary/aromatic N) is 1. The van der Waals surface area contributed by atoms with Gasteiger partial charge in [0.05, 0.1) is 6.04 Å². The van der Waals surface area contributed by atoms with Gasteiger partial charge in [-0.15, -0.1) is 0 Å². The van der Waals surface area contributed by atoms with Crippen LogP contribution in [0.2, 0.25) is 5.02 Å². The van der Waals surface area contributed by atoms with Crippen molar-refractivity contribution < 1.29 is 9.59 Å². The first-order valence-corrected chi connectivity index (χ1v) is 7.06. The Bertz CT molecular complexity index is 525. The summed E-state index contributed by atoms with van der Waals surface area (Å²) >= 11 is 5.89. The molecule has 2 rings (SSSR count). The van der Waals surface area contributed by atoms with Crippen molar-refractivity contribution in [3.63, 3.8) is 0 Å². The van der Waals surface area contributed by atoms with E-state index in [0.29, 0.717) is 18.0 Å². The molecule has 1 aromatic carbocycles. The molecule has 1 aliphatic heterocycles. The van der Waals surface area contributed by atoms with Gasteiger partial charge in [0.2, 0.25) is 11.8 Å². The molecule has 1 N–H and O–H groups in total. The molecule has 0 aromatic heterocycles. The van der Waals surface area contributed by atoms with Crippen molar-refractivity contribution in [1.82, 2.24) is 10.2 Å². The zero-order valence-electron chi connectivity index (χ0n) is 11.9. The third-order valence-electron chi connectivity index (χ3n) is 3.65. The van der Waals surface area contributed by atoms with E-state index in [1.54, 1.807) is 18.7 Å². The van der Waals surface area contributed by atoms with Gasteiger partial charge >= 0.3 is 0 Å². The molecule has 0 aliphatic carbocycles. The molecule has 0 bridgehead atoms. The minimum absolute atomic E-state index is 0.0641. The van der Waals surface area contributed by atoms with E-state index in [1.165, 1.54) is 0 Å². The van der Waals surface area contributed by atoms with Crippen molar-refractivity contribution in [1.29, 1.82) is 0 Å². The first-order chi connectivity index (χ1) is 9.31. The zero-order valence-corrected chi connectivity index (χ0v) is 12.7. The second-order valence-electron chi connectivity index (χ2n) is 5.65. The van der Waals surface area contributed by atoms with Crippen molar-refractivity contribution in [2.75, 3.05) is 6.54 Å². The summed E-state index contributed by atoms with van der Waals surface area (Å²) in [6.45, 7) is 5.87. The van der Waals surface area contributed by atoms with E-state index < -0.39 is 5.54 Å². The second-order valence-corrected chi connectivity index (χ2v) is 6.09. The largest absolute Gasteiger partial charge is 0.342 e. The van der Waals surface area contributed by atoms with E-state index in [-0.39, 0.29) is 17.9 Å². The SMILES string of the molecule is CC(c1ccc(Cl)cc1)N1CCC(=O)NC(C)(C)C1=O. The van der Waals surface area contributed by atoms with Crippen LogP contribution in [0.5, 0.6) is 0 Å². The van der Waals surface area contributed by atoms with Crippen molar-refractivity contribution in [2.24, 2.45) is 0 Å². The smallest absolute Gasteiger partial charge is 0.248 e. The molecule has 4 nitrogen and oxygen atoms in total. The van der Waals surface area contributed by atoms with E-state index in [0.717, 1.165) is 5.56 Å². The highest BCUT2D eigenvalue weighted by Crippen LogP contribution is 2.26. The van der Waals surface area contributed by atoms with Crippen LogP contribution in [0.25, 0.3) is 0 Å². The topological polar surface area (TPSA) is 49.4 Å². The van der Waals surface area contributed by atoms with Gasteiger partial charge in [-0.1, -0.05) is 23.7 Å². The number of carbonyl (C=O) groups is 2. The van der Waals surface area contributed by atoms with E-state index in [2.05, 4.69) is 5.32 Å². The van der Waals surface area contributed by atoms with Crippen LogP contribution in [0.15, 0.2) is 24.3 Å². The Labute approximate surface area is 124 Å². The first-order valence-electron chi connectivity index (χ1n) is 6.69. The summed E-state index contributed by atoms with van der Waals surface area (Å²) in [6.07, 6.45) is 0.326. The fourth-order valence-corrected chi connectivity index (χ4v) is 2.56. The van der Waals surface area contributed by atoms with Crippen LogP contribution < -0.4 is 5.32 Å². The highest BCUT2D eigenvalue weighted by atomic mass is 35.5. The molecule has 1 aliphatic rings. The van der Waals surface area contributed by atoms with Gasteiger partial charge in [0.25, 0.3) is 0 Å². The molecule has 1 unspecified atom stereocenters. The molecule has 1 heterocycles. The molecular formula is C15H19ClN2O2. The third kappa shape index (κ3) is 2.96. The van der Waals surface area contributed by atoms with Gasteiger partial charge < -0.3 is 10.2 Å². The van der Waals surface area contributed by atoms with Crippen LogP contribution in [0.3, 0.4) is 0 Å². The van der Waals surface area contributed by atoms with Gasteiger partial charge in [0, 0.05) is 18.0 Å². The number of benzene rings is 1. The monoisotopic (exact) mass is 294 g/mol. The lowest BCUT2D eigenvalue weighted by atomic mass is 10.0. The molecule has 0 saturated carbocycles. The lowest BCUT2D eigenvalue weighted by Gasteiger charge is -2.33. The summed E-state index contributed by atoms with van der Waals surface area (Å²) in [4.78, 5) is 26.0. The van der Waals surface area contributed by atoms with Crippen LogP contribution in [-0.2, 0) is 9.59 Å². The average molecular weight is 295 g/mol. The minimum Gasteiger partial charge on any atom is -0.342 e. The van der Waals surface area contributed by atoms with Crippen LogP contribution in [-0.4, -0.2) is 28.8 Å². The summed E-state index contributed by atoms with van der Waals surface area (Å²) < 4.78 is 0. The van der Waals surface area contributed by atoms with Gasteiger partial charge in [0.1, 0.15) is 5.54 Å². The van der Waals surface area contributed by atoms with Crippen molar-refractivity contribution in [2.45, 2.75) is 38.8 Å². The van der Waals surface area contributed by atoms with Gasteiger partial charge in [-0.3, -0.25) is 9.59 Å². The molecule has 5 heteroatoms.